The molecule has 0 aliphatic heterocycles. The third kappa shape index (κ3) is 7.45. The van der Waals surface area contributed by atoms with Crippen molar-refractivity contribution in [1.82, 2.24) is 0 Å². The fourth-order valence-electron chi connectivity index (χ4n) is 5.46. The van der Waals surface area contributed by atoms with Crippen molar-refractivity contribution in [1.29, 1.82) is 0 Å². The van der Waals surface area contributed by atoms with Crippen LogP contribution in [-0.4, -0.2) is 7.05 Å². The summed E-state index contributed by atoms with van der Waals surface area (Å²) in [5, 5.41) is 3.44. The van der Waals surface area contributed by atoms with Crippen LogP contribution in [0.25, 0.3) is 0 Å². The van der Waals surface area contributed by atoms with Crippen LogP contribution in [0.4, 0.5) is 5.69 Å². The molecular weight excluding hydrogens is 338 g/mol. The van der Waals surface area contributed by atoms with E-state index in [0.717, 1.165) is 5.92 Å². The first-order chi connectivity index (χ1) is 13.7. The molecule has 0 heterocycles. The van der Waals surface area contributed by atoms with Gasteiger partial charge in [-0.25, -0.2) is 0 Å². The third-order valence-corrected chi connectivity index (χ3v) is 7.64. The van der Waals surface area contributed by atoms with Gasteiger partial charge >= 0.3 is 0 Å². The van der Waals surface area contributed by atoms with Gasteiger partial charge in [0, 0.05) is 12.7 Å². The van der Waals surface area contributed by atoms with Crippen molar-refractivity contribution in [3.05, 3.63) is 29.8 Å². The maximum Gasteiger partial charge on any atom is 0.0370 e. The molecule has 2 atom stereocenters. The molecule has 1 saturated carbocycles. The van der Waals surface area contributed by atoms with Crippen LogP contribution in [0.2, 0.25) is 0 Å². The van der Waals surface area contributed by atoms with E-state index in [1.807, 2.05) is 0 Å². The summed E-state index contributed by atoms with van der Waals surface area (Å²) in [6.07, 6.45) is 22.8. The van der Waals surface area contributed by atoms with Crippen molar-refractivity contribution < 1.29 is 0 Å². The Kier molecular flexibility index (Phi) is 11.1. The van der Waals surface area contributed by atoms with Crippen molar-refractivity contribution in [2.24, 2.45) is 11.3 Å². The largest absolute Gasteiger partial charge is 0.388 e. The van der Waals surface area contributed by atoms with Gasteiger partial charge in [0.15, 0.2) is 0 Å². The average Bonchev–Trinajstić information content (AvgIpc) is 2.72. The zero-order valence-corrected chi connectivity index (χ0v) is 19.2. The molecule has 0 bridgehead atoms. The van der Waals surface area contributed by atoms with E-state index in [1.54, 1.807) is 0 Å². The van der Waals surface area contributed by atoms with E-state index in [4.69, 9.17) is 0 Å². The predicted molar refractivity (Wildman–Crippen MR) is 126 cm³/mol. The Balaban J connectivity index is 2.09. The molecule has 2 unspecified atom stereocenters. The fraction of sp³-hybridized carbons (Fsp3) is 0.778. The zero-order chi connectivity index (χ0) is 20.1. The lowest BCUT2D eigenvalue weighted by Gasteiger charge is -2.40. The average molecular weight is 386 g/mol. The lowest BCUT2D eigenvalue weighted by atomic mass is 9.65. The molecule has 1 aliphatic rings. The van der Waals surface area contributed by atoms with E-state index in [2.05, 4.69) is 50.5 Å². The smallest absolute Gasteiger partial charge is 0.0370 e. The number of hydrogen-bond acceptors (Lipinski definition) is 1. The molecule has 1 heteroatoms. The summed E-state index contributed by atoms with van der Waals surface area (Å²) in [6, 6.07) is 8.99. The third-order valence-electron chi connectivity index (χ3n) is 7.64. The second-order valence-electron chi connectivity index (χ2n) is 9.48. The summed E-state index contributed by atoms with van der Waals surface area (Å²) >= 11 is 0. The van der Waals surface area contributed by atoms with Gasteiger partial charge in [-0.1, -0.05) is 116 Å². The molecule has 0 amide bonds. The molecule has 160 valence electrons. The maximum absolute atomic E-state index is 3.44. The Hall–Kier alpha value is -0.980. The Morgan fingerprint density at radius 3 is 1.93 bits per heavy atom. The molecular formula is C27H47N. The molecule has 1 aromatic carbocycles. The van der Waals surface area contributed by atoms with Crippen molar-refractivity contribution in [3.8, 4) is 0 Å². The molecule has 1 fully saturated rings. The first kappa shape index (κ1) is 23.3. The van der Waals surface area contributed by atoms with Crippen molar-refractivity contribution in [2.45, 2.75) is 117 Å². The minimum atomic E-state index is 0.462. The number of nitrogens with one attached hydrogen (secondary N) is 1. The van der Waals surface area contributed by atoms with Crippen LogP contribution in [0.5, 0.6) is 0 Å². The molecule has 1 aliphatic carbocycles. The van der Waals surface area contributed by atoms with Crippen LogP contribution in [0.1, 0.15) is 116 Å². The molecule has 0 aromatic heterocycles. The first-order valence-electron chi connectivity index (χ1n) is 12.5. The van der Waals surface area contributed by atoms with E-state index in [0.29, 0.717) is 5.41 Å². The summed E-state index contributed by atoms with van der Waals surface area (Å²) < 4.78 is 0. The van der Waals surface area contributed by atoms with Crippen molar-refractivity contribution in [2.75, 3.05) is 12.4 Å². The number of hydrogen-bond donors (Lipinski definition) is 1. The highest BCUT2D eigenvalue weighted by atomic mass is 14.8. The van der Waals surface area contributed by atoms with Gasteiger partial charge in [-0.2, -0.15) is 0 Å². The monoisotopic (exact) mass is 385 g/mol. The van der Waals surface area contributed by atoms with Crippen LogP contribution in [0.3, 0.4) is 0 Å². The highest BCUT2D eigenvalue weighted by Gasteiger charge is 2.34. The quantitative estimate of drug-likeness (QED) is 0.546. The molecule has 28 heavy (non-hydrogen) atoms. The first-order valence-corrected chi connectivity index (χ1v) is 12.5. The summed E-state index contributed by atoms with van der Waals surface area (Å²) in [4.78, 5) is 0. The molecule has 1 aromatic rings. The number of anilines is 1. The van der Waals surface area contributed by atoms with Crippen LogP contribution < -0.4 is 5.32 Å². The molecule has 0 saturated heterocycles. The van der Waals surface area contributed by atoms with Gasteiger partial charge in [0.05, 0.1) is 0 Å². The topological polar surface area (TPSA) is 12.0 Å². The number of benzene rings is 1. The van der Waals surface area contributed by atoms with Crippen molar-refractivity contribution >= 4 is 5.69 Å². The van der Waals surface area contributed by atoms with Crippen LogP contribution in [-0.2, 0) is 6.42 Å². The summed E-state index contributed by atoms with van der Waals surface area (Å²) in [5.74, 6) is 0.815. The highest BCUT2D eigenvalue weighted by molar-refractivity contribution is 5.51. The van der Waals surface area contributed by atoms with Gasteiger partial charge in [0.1, 0.15) is 0 Å². The van der Waals surface area contributed by atoms with E-state index in [-0.39, 0.29) is 0 Å². The number of para-hydroxylation sites is 1. The molecule has 1 N–H and O–H groups in total. The molecule has 0 radical (unpaired) electrons. The highest BCUT2D eigenvalue weighted by Crippen LogP contribution is 2.44. The predicted octanol–water partition coefficient (Wildman–Crippen LogP) is 8.78. The SMILES string of the molecule is CCC1(Cc2ccccc2NC)CCCCCCCCCCCCCCC1C. The summed E-state index contributed by atoms with van der Waals surface area (Å²) in [5.41, 5.74) is 3.31. The van der Waals surface area contributed by atoms with Gasteiger partial charge in [0.25, 0.3) is 0 Å². The second-order valence-corrected chi connectivity index (χ2v) is 9.48. The standard InChI is InChI=1S/C27H47N/c1-4-27(23-25-20-16-17-21-26(25)28-3)22-18-14-12-10-8-6-5-7-9-11-13-15-19-24(27)2/h16-17,20-21,24,28H,4-15,18-19,22-23H2,1-3H3. The molecule has 2 rings (SSSR count). The van der Waals surface area contributed by atoms with Crippen LogP contribution >= 0.6 is 0 Å². The Morgan fingerprint density at radius 1 is 0.821 bits per heavy atom. The van der Waals surface area contributed by atoms with Gasteiger partial charge in [-0.3, -0.25) is 0 Å². The Morgan fingerprint density at radius 2 is 1.36 bits per heavy atom. The minimum absolute atomic E-state index is 0.462. The van der Waals surface area contributed by atoms with E-state index < -0.39 is 0 Å². The lowest BCUT2D eigenvalue weighted by Crippen LogP contribution is -2.31. The van der Waals surface area contributed by atoms with Gasteiger partial charge in [0.2, 0.25) is 0 Å². The van der Waals surface area contributed by atoms with Crippen LogP contribution in [0, 0.1) is 11.3 Å². The molecule has 1 nitrogen and oxygen atoms in total. The maximum atomic E-state index is 3.44. The number of rotatable bonds is 4. The van der Waals surface area contributed by atoms with Crippen LogP contribution in [0.15, 0.2) is 24.3 Å². The summed E-state index contributed by atoms with van der Waals surface area (Å²) in [6.45, 7) is 5.02. The van der Waals surface area contributed by atoms with E-state index >= 15 is 0 Å². The second kappa shape index (κ2) is 13.3. The van der Waals surface area contributed by atoms with E-state index in [9.17, 15) is 0 Å². The van der Waals surface area contributed by atoms with Gasteiger partial charge in [-0.05, 0) is 42.2 Å². The summed E-state index contributed by atoms with van der Waals surface area (Å²) in [7, 11) is 2.07. The van der Waals surface area contributed by atoms with Gasteiger partial charge in [-0.15, -0.1) is 0 Å². The van der Waals surface area contributed by atoms with E-state index in [1.165, 1.54) is 114 Å². The lowest BCUT2D eigenvalue weighted by molar-refractivity contribution is 0.130. The molecule has 0 spiro atoms. The Labute approximate surface area is 176 Å². The van der Waals surface area contributed by atoms with Gasteiger partial charge < -0.3 is 5.32 Å². The minimum Gasteiger partial charge on any atom is -0.388 e. The normalized spacial score (nSPS) is 26.6. The zero-order valence-electron chi connectivity index (χ0n) is 19.2. The van der Waals surface area contributed by atoms with Crippen molar-refractivity contribution in [3.63, 3.8) is 0 Å². The Bertz CT molecular complexity index is 523. The fourth-order valence-corrected chi connectivity index (χ4v) is 5.46.